The maximum atomic E-state index is 14.0. The predicted molar refractivity (Wildman–Crippen MR) is 74.8 cm³/mol. The molecule has 0 aliphatic heterocycles. The molecule has 7 heteroatoms. The van der Waals surface area contributed by atoms with Gasteiger partial charge in [-0.05, 0) is 27.0 Å². The van der Waals surface area contributed by atoms with Crippen molar-refractivity contribution in [3.8, 4) is 0 Å². The minimum Gasteiger partial charge on any atom is -0.308 e. The molecule has 0 aliphatic carbocycles. The number of nitrogens with one attached hydrogen (secondary N) is 1. The van der Waals surface area contributed by atoms with Crippen molar-refractivity contribution in [2.75, 3.05) is 7.05 Å². The van der Waals surface area contributed by atoms with Crippen LogP contribution in [0.2, 0.25) is 5.02 Å². The molecule has 1 unspecified atom stereocenters. The molecule has 0 spiro atoms. The van der Waals surface area contributed by atoms with E-state index in [4.69, 9.17) is 11.6 Å². The van der Waals surface area contributed by atoms with Crippen LogP contribution in [0.5, 0.6) is 0 Å². The zero-order valence-corrected chi connectivity index (χ0v) is 12.5. The van der Waals surface area contributed by atoms with Crippen LogP contribution in [0.25, 0.3) is 0 Å². The van der Waals surface area contributed by atoms with Gasteiger partial charge in [-0.25, -0.2) is 13.2 Å². The first-order valence-electron chi connectivity index (χ1n) is 6.42. The monoisotopic (exact) mass is 317 g/mol. The Kier molecular flexibility index (Phi) is 4.58. The van der Waals surface area contributed by atoms with Gasteiger partial charge in [0.1, 0.15) is 0 Å². The summed E-state index contributed by atoms with van der Waals surface area (Å²) in [7, 11) is 1.58. The highest BCUT2D eigenvalue weighted by Crippen LogP contribution is 2.32. The Balaban J connectivity index is 2.61. The van der Waals surface area contributed by atoms with Gasteiger partial charge < -0.3 is 5.32 Å². The van der Waals surface area contributed by atoms with Gasteiger partial charge in [-0.3, -0.25) is 4.68 Å². The Morgan fingerprint density at radius 2 is 1.86 bits per heavy atom. The fraction of sp³-hybridized carbons (Fsp3) is 0.357. The van der Waals surface area contributed by atoms with Crippen molar-refractivity contribution in [3.63, 3.8) is 0 Å². The summed E-state index contributed by atoms with van der Waals surface area (Å²) < 4.78 is 42.2. The largest absolute Gasteiger partial charge is 0.308 e. The second-order valence-electron chi connectivity index (χ2n) is 4.90. The average Bonchev–Trinajstić information content (AvgIpc) is 2.82. The van der Waals surface area contributed by atoms with Crippen LogP contribution in [0.15, 0.2) is 18.3 Å². The zero-order chi connectivity index (χ0) is 15.7. The molecule has 1 N–H and O–H groups in total. The van der Waals surface area contributed by atoms with E-state index < -0.39 is 23.5 Å². The molecule has 3 nitrogen and oxygen atoms in total. The molecular weight excluding hydrogens is 303 g/mol. The number of hydrogen-bond acceptors (Lipinski definition) is 2. The number of nitrogens with zero attached hydrogens (tertiary/aromatic N) is 2. The number of rotatable bonds is 4. The van der Waals surface area contributed by atoms with Crippen LogP contribution in [0.4, 0.5) is 13.2 Å². The SMILES string of the molecule is CNC(c1ccc(F)c(F)c1F)c1c(Cl)cnn1C(C)C. The summed E-state index contributed by atoms with van der Waals surface area (Å²) in [5, 5.41) is 7.33. The molecule has 0 bridgehead atoms. The van der Waals surface area contributed by atoms with Gasteiger partial charge in [0.15, 0.2) is 17.5 Å². The van der Waals surface area contributed by atoms with Gasteiger partial charge in [-0.2, -0.15) is 5.10 Å². The molecule has 0 amide bonds. The summed E-state index contributed by atoms with van der Waals surface area (Å²) in [6.07, 6.45) is 1.44. The molecule has 1 aromatic carbocycles. The second-order valence-corrected chi connectivity index (χ2v) is 5.31. The molecule has 2 rings (SSSR count). The topological polar surface area (TPSA) is 29.9 Å². The molecule has 0 fully saturated rings. The molecule has 1 heterocycles. The van der Waals surface area contributed by atoms with Crippen LogP contribution in [0.1, 0.15) is 37.2 Å². The first-order valence-corrected chi connectivity index (χ1v) is 6.79. The lowest BCUT2D eigenvalue weighted by Crippen LogP contribution is -2.24. The van der Waals surface area contributed by atoms with Crippen LogP contribution in [0, 0.1) is 17.5 Å². The minimum absolute atomic E-state index is 0.0169. The predicted octanol–water partition coefficient (Wildman–Crippen LogP) is 3.84. The van der Waals surface area contributed by atoms with Gasteiger partial charge in [0.25, 0.3) is 0 Å². The fourth-order valence-electron chi connectivity index (χ4n) is 2.24. The Hall–Kier alpha value is -1.53. The third kappa shape index (κ3) is 2.78. The first-order chi connectivity index (χ1) is 9.88. The van der Waals surface area contributed by atoms with Crippen molar-refractivity contribution in [1.82, 2.24) is 15.1 Å². The zero-order valence-electron chi connectivity index (χ0n) is 11.8. The van der Waals surface area contributed by atoms with E-state index in [1.165, 1.54) is 12.3 Å². The highest BCUT2D eigenvalue weighted by molar-refractivity contribution is 6.31. The number of benzene rings is 1. The third-order valence-electron chi connectivity index (χ3n) is 3.21. The molecule has 1 atom stereocenters. The van der Waals surface area contributed by atoms with E-state index in [2.05, 4.69) is 10.4 Å². The van der Waals surface area contributed by atoms with E-state index in [1.807, 2.05) is 13.8 Å². The van der Waals surface area contributed by atoms with Crippen molar-refractivity contribution >= 4 is 11.6 Å². The summed E-state index contributed by atoms with van der Waals surface area (Å²) in [4.78, 5) is 0. The Morgan fingerprint density at radius 3 is 2.43 bits per heavy atom. The normalized spacial score (nSPS) is 13.0. The van der Waals surface area contributed by atoms with Crippen LogP contribution in [0.3, 0.4) is 0 Å². The molecule has 0 aliphatic rings. The smallest absolute Gasteiger partial charge is 0.194 e. The van der Waals surface area contributed by atoms with Gasteiger partial charge in [0.2, 0.25) is 0 Å². The van der Waals surface area contributed by atoms with Crippen molar-refractivity contribution < 1.29 is 13.2 Å². The quantitative estimate of drug-likeness (QED) is 0.868. The number of halogens is 4. The van der Waals surface area contributed by atoms with E-state index in [0.29, 0.717) is 10.7 Å². The Morgan fingerprint density at radius 1 is 1.19 bits per heavy atom. The van der Waals surface area contributed by atoms with Crippen LogP contribution >= 0.6 is 11.6 Å². The molecule has 2 aromatic rings. The highest BCUT2D eigenvalue weighted by Gasteiger charge is 2.26. The molecule has 0 saturated carbocycles. The number of aromatic nitrogens is 2. The summed E-state index contributed by atoms with van der Waals surface area (Å²) in [6.45, 7) is 3.78. The van der Waals surface area contributed by atoms with Crippen LogP contribution in [-0.2, 0) is 0 Å². The lowest BCUT2D eigenvalue weighted by molar-refractivity contribution is 0.427. The van der Waals surface area contributed by atoms with Gasteiger partial charge in [-0.15, -0.1) is 0 Å². The third-order valence-corrected chi connectivity index (χ3v) is 3.51. The van der Waals surface area contributed by atoms with Crippen molar-refractivity contribution in [2.24, 2.45) is 0 Å². The van der Waals surface area contributed by atoms with Gasteiger partial charge in [0.05, 0.1) is 23.0 Å². The maximum absolute atomic E-state index is 14.0. The van der Waals surface area contributed by atoms with Crippen molar-refractivity contribution in [2.45, 2.75) is 25.9 Å². The van der Waals surface area contributed by atoms with Crippen LogP contribution in [-0.4, -0.2) is 16.8 Å². The standard InChI is InChI=1S/C14H15ClF3N3/c1-7(2)21-14(9(15)6-20-21)13(19-3)8-4-5-10(16)12(18)11(8)17/h4-7,13,19H,1-3H3. The molecular formula is C14H15ClF3N3. The van der Waals surface area contributed by atoms with E-state index in [0.717, 1.165) is 6.07 Å². The van der Waals surface area contributed by atoms with Gasteiger partial charge in [0, 0.05) is 11.6 Å². The molecule has 21 heavy (non-hydrogen) atoms. The van der Waals surface area contributed by atoms with E-state index in [1.54, 1.807) is 11.7 Å². The Bertz CT molecular complexity index is 655. The highest BCUT2D eigenvalue weighted by atomic mass is 35.5. The van der Waals surface area contributed by atoms with E-state index in [-0.39, 0.29) is 11.6 Å². The maximum Gasteiger partial charge on any atom is 0.194 e. The molecule has 0 saturated heterocycles. The summed E-state index contributed by atoms with van der Waals surface area (Å²) in [5.74, 6) is -3.96. The van der Waals surface area contributed by atoms with E-state index >= 15 is 0 Å². The fourth-order valence-corrected chi connectivity index (χ4v) is 2.47. The van der Waals surface area contributed by atoms with Crippen molar-refractivity contribution in [1.29, 1.82) is 0 Å². The molecule has 1 aromatic heterocycles. The lowest BCUT2D eigenvalue weighted by Gasteiger charge is -2.21. The first kappa shape index (κ1) is 15.9. The van der Waals surface area contributed by atoms with E-state index in [9.17, 15) is 13.2 Å². The second kappa shape index (κ2) is 6.07. The van der Waals surface area contributed by atoms with Gasteiger partial charge >= 0.3 is 0 Å². The molecule has 114 valence electrons. The summed E-state index contributed by atoms with van der Waals surface area (Å²) in [5.41, 5.74) is 0.472. The van der Waals surface area contributed by atoms with Gasteiger partial charge in [-0.1, -0.05) is 17.7 Å². The lowest BCUT2D eigenvalue weighted by atomic mass is 10.0. The minimum atomic E-state index is -1.50. The molecule has 0 radical (unpaired) electrons. The number of hydrogen-bond donors (Lipinski definition) is 1. The summed E-state index contributed by atoms with van der Waals surface area (Å²) >= 11 is 6.12. The van der Waals surface area contributed by atoms with Crippen LogP contribution < -0.4 is 5.32 Å². The summed E-state index contributed by atoms with van der Waals surface area (Å²) in [6, 6.07) is 1.33. The van der Waals surface area contributed by atoms with Crippen molar-refractivity contribution in [3.05, 3.63) is 52.1 Å². The average molecular weight is 318 g/mol. The Labute approximate surface area is 125 Å².